The Kier molecular flexibility index (Phi) is 6.39. The first-order valence-electron chi connectivity index (χ1n) is 7.52. The highest BCUT2D eigenvalue weighted by molar-refractivity contribution is 6.04. The number of carbonyl (C=O) groups is 1. The van der Waals surface area contributed by atoms with E-state index in [1.54, 1.807) is 43.6 Å². The maximum atomic E-state index is 12.3. The quantitative estimate of drug-likeness (QED) is 0.642. The number of aliphatic hydroxyl groups excluding tert-OH is 1. The summed E-state index contributed by atoms with van der Waals surface area (Å²) in [6, 6.07) is 8.48. The van der Waals surface area contributed by atoms with Crippen molar-refractivity contribution in [2.45, 2.75) is 6.42 Å². The number of anilines is 2. The lowest BCUT2D eigenvalue weighted by Crippen LogP contribution is -2.12. The van der Waals surface area contributed by atoms with E-state index in [0.717, 1.165) is 0 Å². The molecule has 3 N–H and O–H groups in total. The van der Waals surface area contributed by atoms with Gasteiger partial charge in [0.2, 0.25) is 0 Å². The highest BCUT2D eigenvalue weighted by atomic mass is 16.5. The highest BCUT2D eigenvalue weighted by Crippen LogP contribution is 2.27. The number of benzene rings is 1. The zero-order chi connectivity index (χ0) is 17.4. The molecule has 128 valence electrons. The van der Waals surface area contributed by atoms with Crippen LogP contribution in [0.3, 0.4) is 0 Å². The zero-order valence-electron chi connectivity index (χ0n) is 13.7. The third kappa shape index (κ3) is 4.60. The number of hydrogen-bond acceptors (Lipinski definition) is 6. The lowest BCUT2D eigenvalue weighted by molar-refractivity contribution is 0.102. The molecule has 0 unspecified atom stereocenters. The Morgan fingerprint density at radius 2 is 1.96 bits per heavy atom. The molecule has 0 aliphatic carbocycles. The van der Waals surface area contributed by atoms with E-state index in [1.807, 2.05) is 0 Å². The molecule has 0 aliphatic heterocycles. The van der Waals surface area contributed by atoms with E-state index in [0.29, 0.717) is 41.5 Å². The SMILES string of the molecule is COc1ccc(C(=O)Nc2ccc(NCCCO)nc2)cc1OC. The Morgan fingerprint density at radius 1 is 1.17 bits per heavy atom. The van der Waals surface area contributed by atoms with Gasteiger partial charge >= 0.3 is 0 Å². The standard InChI is InChI=1S/C17H21N3O4/c1-23-14-6-4-12(10-15(14)24-2)17(22)20-13-5-7-16(19-11-13)18-8-3-9-21/h4-7,10-11,21H,3,8-9H2,1-2H3,(H,18,19)(H,20,22). The van der Waals surface area contributed by atoms with Crippen LogP contribution in [0.2, 0.25) is 0 Å². The molecule has 0 saturated heterocycles. The van der Waals surface area contributed by atoms with Gasteiger partial charge in [0.05, 0.1) is 26.1 Å². The lowest BCUT2D eigenvalue weighted by atomic mass is 10.2. The number of ether oxygens (including phenoxy) is 2. The number of aliphatic hydroxyl groups is 1. The van der Waals surface area contributed by atoms with Crippen molar-refractivity contribution in [2.75, 3.05) is 38.0 Å². The van der Waals surface area contributed by atoms with Crippen LogP contribution in [0.15, 0.2) is 36.5 Å². The Balaban J connectivity index is 2.01. The van der Waals surface area contributed by atoms with Crippen molar-refractivity contribution in [2.24, 2.45) is 0 Å². The number of amides is 1. The minimum Gasteiger partial charge on any atom is -0.493 e. The summed E-state index contributed by atoms with van der Waals surface area (Å²) in [7, 11) is 3.06. The molecule has 7 heteroatoms. The van der Waals surface area contributed by atoms with E-state index in [1.165, 1.54) is 7.11 Å². The Hall–Kier alpha value is -2.80. The molecule has 0 aliphatic rings. The number of pyridine rings is 1. The van der Waals surface area contributed by atoms with Gasteiger partial charge in [-0.1, -0.05) is 0 Å². The first-order valence-corrected chi connectivity index (χ1v) is 7.52. The predicted molar refractivity (Wildman–Crippen MR) is 91.9 cm³/mol. The second kappa shape index (κ2) is 8.73. The molecule has 0 bridgehead atoms. The Morgan fingerprint density at radius 3 is 2.58 bits per heavy atom. The fourth-order valence-electron chi connectivity index (χ4n) is 2.05. The summed E-state index contributed by atoms with van der Waals surface area (Å²) in [6.07, 6.45) is 2.22. The molecule has 2 rings (SSSR count). The van der Waals surface area contributed by atoms with Crippen LogP contribution < -0.4 is 20.1 Å². The maximum Gasteiger partial charge on any atom is 0.255 e. The van der Waals surface area contributed by atoms with Crippen LogP contribution in [-0.4, -0.2) is 43.4 Å². The van der Waals surface area contributed by atoms with E-state index in [-0.39, 0.29) is 12.5 Å². The van der Waals surface area contributed by atoms with Crippen molar-refractivity contribution in [1.82, 2.24) is 4.98 Å². The van der Waals surface area contributed by atoms with Gasteiger partial charge in [0.1, 0.15) is 5.82 Å². The molecule has 2 aromatic rings. The van der Waals surface area contributed by atoms with Crippen LogP contribution in [0.1, 0.15) is 16.8 Å². The molecule has 24 heavy (non-hydrogen) atoms. The molecule has 0 atom stereocenters. The number of methoxy groups -OCH3 is 2. The van der Waals surface area contributed by atoms with Gasteiger partial charge in [-0.2, -0.15) is 0 Å². The van der Waals surface area contributed by atoms with Crippen LogP contribution in [-0.2, 0) is 0 Å². The number of nitrogens with one attached hydrogen (secondary N) is 2. The summed E-state index contributed by atoms with van der Waals surface area (Å²) < 4.78 is 10.3. The van der Waals surface area contributed by atoms with Gasteiger partial charge in [-0.15, -0.1) is 0 Å². The smallest absolute Gasteiger partial charge is 0.255 e. The van der Waals surface area contributed by atoms with E-state index in [9.17, 15) is 4.79 Å². The first kappa shape index (κ1) is 17.6. The molecule has 1 heterocycles. The van der Waals surface area contributed by atoms with Gasteiger partial charge in [0.15, 0.2) is 11.5 Å². The van der Waals surface area contributed by atoms with Crippen molar-refractivity contribution in [3.8, 4) is 11.5 Å². The van der Waals surface area contributed by atoms with Crippen LogP contribution in [0, 0.1) is 0 Å². The summed E-state index contributed by atoms with van der Waals surface area (Å²) in [4.78, 5) is 16.5. The van der Waals surface area contributed by atoms with Crippen molar-refractivity contribution >= 4 is 17.4 Å². The number of rotatable bonds is 8. The van der Waals surface area contributed by atoms with Gasteiger partial charge in [-0.25, -0.2) is 4.98 Å². The van der Waals surface area contributed by atoms with Crippen LogP contribution in [0.4, 0.5) is 11.5 Å². The van der Waals surface area contributed by atoms with E-state index in [2.05, 4.69) is 15.6 Å². The molecule has 0 saturated carbocycles. The molecule has 1 amide bonds. The van der Waals surface area contributed by atoms with Crippen LogP contribution in [0.5, 0.6) is 11.5 Å². The van der Waals surface area contributed by atoms with Crippen LogP contribution >= 0.6 is 0 Å². The average Bonchev–Trinajstić information content (AvgIpc) is 2.62. The minimum absolute atomic E-state index is 0.131. The van der Waals surface area contributed by atoms with E-state index in [4.69, 9.17) is 14.6 Å². The Bertz CT molecular complexity index is 674. The number of nitrogens with zero attached hydrogens (tertiary/aromatic N) is 1. The third-order valence-corrected chi connectivity index (χ3v) is 3.31. The predicted octanol–water partition coefficient (Wildman–Crippen LogP) is 2.15. The summed E-state index contributed by atoms with van der Waals surface area (Å²) in [5, 5.41) is 14.6. The van der Waals surface area contributed by atoms with Crippen molar-refractivity contribution < 1.29 is 19.4 Å². The maximum absolute atomic E-state index is 12.3. The Labute approximate surface area is 140 Å². The number of hydrogen-bond donors (Lipinski definition) is 3. The molecule has 0 spiro atoms. The van der Waals surface area contributed by atoms with Crippen molar-refractivity contribution in [3.05, 3.63) is 42.1 Å². The van der Waals surface area contributed by atoms with Gasteiger partial charge in [0.25, 0.3) is 5.91 Å². The van der Waals surface area contributed by atoms with Gasteiger partial charge < -0.3 is 25.2 Å². The topological polar surface area (TPSA) is 92.7 Å². The second-order valence-corrected chi connectivity index (χ2v) is 4.96. The third-order valence-electron chi connectivity index (χ3n) is 3.31. The molecule has 0 radical (unpaired) electrons. The fourth-order valence-corrected chi connectivity index (χ4v) is 2.05. The average molecular weight is 331 g/mol. The summed E-state index contributed by atoms with van der Waals surface area (Å²) >= 11 is 0. The first-order chi connectivity index (χ1) is 11.7. The molecular formula is C17H21N3O4. The molecular weight excluding hydrogens is 310 g/mol. The van der Waals surface area contributed by atoms with Gasteiger partial charge in [-0.3, -0.25) is 4.79 Å². The fraction of sp³-hybridized carbons (Fsp3) is 0.294. The minimum atomic E-state index is -0.265. The van der Waals surface area contributed by atoms with Crippen LogP contribution in [0.25, 0.3) is 0 Å². The lowest BCUT2D eigenvalue weighted by Gasteiger charge is -2.10. The van der Waals surface area contributed by atoms with Gasteiger partial charge in [0, 0.05) is 18.7 Å². The number of carbonyl (C=O) groups excluding carboxylic acids is 1. The monoisotopic (exact) mass is 331 g/mol. The number of aromatic nitrogens is 1. The largest absolute Gasteiger partial charge is 0.493 e. The summed E-state index contributed by atoms with van der Waals surface area (Å²) in [5.41, 5.74) is 1.04. The van der Waals surface area contributed by atoms with E-state index >= 15 is 0 Å². The zero-order valence-corrected chi connectivity index (χ0v) is 13.7. The highest BCUT2D eigenvalue weighted by Gasteiger charge is 2.11. The van der Waals surface area contributed by atoms with Crippen molar-refractivity contribution in [1.29, 1.82) is 0 Å². The van der Waals surface area contributed by atoms with Crippen molar-refractivity contribution in [3.63, 3.8) is 0 Å². The second-order valence-electron chi connectivity index (χ2n) is 4.96. The summed E-state index contributed by atoms with van der Waals surface area (Å²) in [6.45, 7) is 0.771. The molecule has 7 nitrogen and oxygen atoms in total. The molecule has 0 fully saturated rings. The van der Waals surface area contributed by atoms with Gasteiger partial charge in [-0.05, 0) is 36.8 Å². The normalized spacial score (nSPS) is 10.1. The molecule has 1 aromatic heterocycles. The van der Waals surface area contributed by atoms with E-state index < -0.39 is 0 Å². The molecule has 1 aromatic carbocycles. The summed E-state index contributed by atoms with van der Waals surface area (Å²) in [5.74, 6) is 1.48.